The predicted molar refractivity (Wildman–Crippen MR) is 120 cm³/mol. The van der Waals surface area contributed by atoms with Gasteiger partial charge in [0.2, 0.25) is 5.78 Å². The summed E-state index contributed by atoms with van der Waals surface area (Å²) >= 11 is 0. The van der Waals surface area contributed by atoms with Gasteiger partial charge in [-0.25, -0.2) is 0 Å². The van der Waals surface area contributed by atoms with Crippen molar-refractivity contribution in [1.82, 2.24) is 0 Å². The van der Waals surface area contributed by atoms with Gasteiger partial charge >= 0.3 is 5.97 Å². The third kappa shape index (κ3) is 3.71. The molecule has 0 aromatic heterocycles. The predicted octanol–water partition coefficient (Wildman–Crippen LogP) is 2.49. The number of ether oxygens (including phenoxy) is 1. The Balaban J connectivity index is 1.58. The maximum absolute atomic E-state index is 13.2. The minimum Gasteiger partial charge on any atom is -0.458 e. The molecule has 4 unspecified atom stereocenters. The largest absolute Gasteiger partial charge is 0.458 e. The van der Waals surface area contributed by atoms with E-state index in [4.69, 9.17) is 4.74 Å². The van der Waals surface area contributed by atoms with Crippen LogP contribution in [0.5, 0.6) is 0 Å². The Kier molecular flexibility index (Phi) is 6.38. The number of esters is 1. The maximum Gasteiger partial charge on any atom is 0.306 e. The summed E-state index contributed by atoms with van der Waals surface area (Å²) in [7, 11) is 0. The summed E-state index contributed by atoms with van der Waals surface area (Å²) in [5.41, 5.74) is -2.30. The average Bonchev–Trinajstić information content (AvgIpc) is 3.03. The van der Waals surface area contributed by atoms with Crippen LogP contribution in [0.25, 0.3) is 0 Å². The third-order valence-corrected chi connectivity index (χ3v) is 9.62. The first-order chi connectivity index (χ1) is 15.5. The molecule has 0 aromatic carbocycles. The molecule has 0 aromatic rings. The number of aliphatic hydroxyl groups excluding tert-OH is 2. The molecule has 33 heavy (non-hydrogen) atoms. The van der Waals surface area contributed by atoms with E-state index >= 15 is 0 Å². The summed E-state index contributed by atoms with van der Waals surface area (Å²) in [6, 6.07) is 0. The van der Waals surface area contributed by atoms with Gasteiger partial charge in [-0.1, -0.05) is 27.2 Å². The summed E-state index contributed by atoms with van der Waals surface area (Å²) in [5.74, 6) is -1.19. The molecular formula is C26H38O7. The number of hydrogen-bond acceptors (Lipinski definition) is 7. The van der Waals surface area contributed by atoms with Crippen molar-refractivity contribution < 1.29 is 34.4 Å². The molecule has 4 aliphatic rings. The molecule has 7 heteroatoms. The molecule has 4 rings (SSSR count). The first-order valence-corrected chi connectivity index (χ1v) is 12.5. The third-order valence-electron chi connectivity index (χ3n) is 9.62. The first-order valence-electron chi connectivity index (χ1n) is 12.5. The molecule has 3 N–H and O–H groups in total. The fraction of sp³-hybridized carbons (Fsp3) is 0.808. The molecule has 0 radical (unpaired) electrons. The fourth-order valence-electron chi connectivity index (χ4n) is 7.86. The Morgan fingerprint density at radius 3 is 2.64 bits per heavy atom. The number of aliphatic hydroxyl groups is 3. The molecule has 3 saturated carbocycles. The second kappa shape index (κ2) is 8.58. The van der Waals surface area contributed by atoms with Crippen molar-refractivity contribution in [1.29, 1.82) is 0 Å². The van der Waals surface area contributed by atoms with Crippen LogP contribution < -0.4 is 0 Å². The van der Waals surface area contributed by atoms with Crippen LogP contribution in [0.15, 0.2) is 11.6 Å². The van der Waals surface area contributed by atoms with Crippen LogP contribution in [0, 0.1) is 28.6 Å². The molecule has 0 heterocycles. The highest BCUT2D eigenvalue weighted by Gasteiger charge is 2.69. The smallest absolute Gasteiger partial charge is 0.306 e. The number of ketones is 2. The van der Waals surface area contributed by atoms with E-state index in [1.54, 1.807) is 6.08 Å². The number of unbranched alkanes of at least 4 members (excludes halogenated alkanes) is 1. The second-order valence-electron chi connectivity index (χ2n) is 11.3. The standard InChI is InChI=1S/C26H38O7/c1-4-5-6-22(31)33-14-21(30)26(32)10-8-17-16-12-19(28)18-11-15(27)7-9-24(18,2)23(16)20(29)13-25(17,26)3/h11,16-17,19-20,23,28-29,32H,4-10,12-14H2,1-3H3/t16?,17?,19?,20-,23?,24-,25-,26-/m0/s1. The molecule has 0 amide bonds. The lowest BCUT2D eigenvalue weighted by Crippen LogP contribution is -2.63. The Labute approximate surface area is 195 Å². The number of hydrogen-bond donors (Lipinski definition) is 3. The van der Waals surface area contributed by atoms with Crippen molar-refractivity contribution in [2.75, 3.05) is 6.61 Å². The fourth-order valence-corrected chi connectivity index (χ4v) is 7.86. The monoisotopic (exact) mass is 462 g/mol. The molecule has 0 bridgehead atoms. The quantitative estimate of drug-likeness (QED) is 0.519. The van der Waals surface area contributed by atoms with E-state index in [1.165, 1.54) is 0 Å². The maximum atomic E-state index is 13.2. The van der Waals surface area contributed by atoms with Gasteiger partial charge in [-0.15, -0.1) is 0 Å². The Morgan fingerprint density at radius 1 is 1.21 bits per heavy atom. The van der Waals surface area contributed by atoms with Gasteiger partial charge in [0.25, 0.3) is 0 Å². The molecule has 3 fully saturated rings. The lowest BCUT2D eigenvalue weighted by atomic mass is 9.45. The van der Waals surface area contributed by atoms with Gasteiger partial charge in [0.05, 0.1) is 12.2 Å². The normalized spacial score (nSPS) is 44.4. The first kappa shape index (κ1) is 24.6. The van der Waals surface area contributed by atoms with E-state index < -0.39 is 47.0 Å². The van der Waals surface area contributed by atoms with Crippen molar-refractivity contribution in [3.63, 3.8) is 0 Å². The molecule has 8 atom stereocenters. The molecule has 7 nitrogen and oxygen atoms in total. The minimum absolute atomic E-state index is 0.0180. The van der Waals surface area contributed by atoms with Crippen LogP contribution in [0.2, 0.25) is 0 Å². The molecular weight excluding hydrogens is 424 g/mol. The summed E-state index contributed by atoms with van der Waals surface area (Å²) in [6.45, 7) is 5.42. The van der Waals surface area contributed by atoms with Gasteiger partial charge in [-0.2, -0.15) is 0 Å². The van der Waals surface area contributed by atoms with Crippen LogP contribution in [-0.4, -0.2) is 57.3 Å². The number of Topliss-reactive ketones (excluding diaryl/α,β-unsaturated/α-hetero) is 1. The highest BCUT2D eigenvalue weighted by molar-refractivity contribution is 5.92. The topological polar surface area (TPSA) is 121 Å². The van der Waals surface area contributed by atoms with E-state index in [0.29, 0.717) is 32.1 Å². The van der Waals surface area contributed by atoms with Gasteiger partial charge in [0.15, 0.2) is 12.4 Å². The van der Waals surface area contributed by atoms with Gasteiger partial charge in [-0.05, 0) is 73.3 Å². The zero-order chi connectivity index (χ0) is 24.2. The molecule has 0 spiro atoms. The number of rotatable bonds is 6. The molecule has 0 aliphatic heterocycles. The van der Waals surface area contributed by atoms with E-state index in [2.05, 4.69) is 0 Å². The lowest BCUT2D eigenvalue weighted by Gasteiger charge is -2.61. The average molecular weight is 463 g/mol. The zero-order valence-corrected chi connectivity index (χ0v) is 20.0. The van der Waals surface area contributed by atoms with E-state index in [1.807, 2.05) is 20.8 Å². The van der Waals surface area contributed by atoms with Gasteiger partial charge < -0.3 is 20.1 Å². The second-order valence-corrected chi connectivity index (χ2v) is 11.3. The molecule has 4 aliphatic carbocycles. The summed E-state index contributed by atoms with van der Waals surface area (Å²) in [5, 5.41) is 34.0. The Morgan fingerprint density at radius 2 is 1.94 bits per heavy atom. The van der Waals surface area contributed by atoms with E-state index in [0.717, 1.165) is 12.0 Å². The van der Waals surface area contributed by atoms with E-state index in [-0.39, 0.29) is 42.8 Å². The van der Waals surface area contributed by atoms with Gasteiger partial charge in [0, 0.05) is 18.3 Å². The van der Waals surface area contributed by atoms with Gasteiger partial charge in [0.1, 0.15) is 5.60 Å². The van der Waals surface area contributed by atoms with Crippen LogP contribution in [0.1, 0.15) is 78.6 Å². The van der Waals surface area contributed by atoms with Crippen LogP contribution in [0.4, 0.5) is 0 Å². The Hall–Kier alpha value is -1.57. The van der Waals surface area contributed by atoms with Gasteiger partial charge in [-0.3, -0.25) is 14.4 Å². The van der Waals surface area contributed by atoms with E-state index in [9.17, 15) is 29.7 Å². The summed E-state index contributed by atoms with van der Waals surface area (Å²) < 4.78 is 5.17. The lowest BCUT2D eigenvalue weighted by molar-refractivity contribution is -0.189. The number of carbonyl (C=O) groups is 3. The zero-order valence-electron chi connectivity index (χ0n) is 20.0. The highest BCUT2D eigenvalue weighted by atomic mass is 16.5. The van der Waals surface area contributed by atoms with Crippen LogP contribution in [-0.2, 0) is 19.1 Å². The highest BCUT2D eigenvalue weighted by Crippen LogP contribution is 2.67. The molecule has 0 saturated heterocycles. The van der Waals surface area contributed by atoms with Crippen LogP contribution in [0.3, 0.4) is 0 Å². The minimum atomic E-state index is -1.68. The summed E-state index contributed by atoms with van der Waals surface area (Å²) in [6.07, 6.45) is 4.35. The van der Waals surface area contributed by atoms with Crippen molar-refractivity contribution in [3.8, 4) is 0 Å². The van der Waals surface area contributed by atoms with Crippen molar-refractivity contribution >= 4 is 17.5 Å². The van der Waals surface area contributed by atoms with Crippen LogP contribution >= 0.6 is 0 Å². The van der Waals surface area contributed by atoms with Crippen molar-refractivity contribution in [2.24, 2.45) is 28.6 Å². The summed E-state index contributed by atoms with van der Waals surface area (Å²) in [4.78, 5) is 37.1. The van der Waals surface area contributed by atoms with Crippen molar-refractivity contribution in [2.45, 2.75) is 96.4 Å². The van der Waals surface area contributed by atoms with Crippen molar-refractivity contribution in [3.05, 3.63) is 11.6 Å². The number of carbonyl (C=O) groups excluding carboxylic acids is 3. The number of fused-ring (bicyclic) bond motifs is 5. The SMILES string of the molecule is CCCCC(=O)OCC(=O)[C@@]1(O)CCC2C3CC(O)C4=CC(=O)CC[C@]4(C)C3[C@@H](O)C[C@@]21C. The molecule has 184 valence electrons. The Bertz CT molecular complexity index is 865.